The molecule has 0 aliphatic carbocycles. The molecule has 148 valence electrons. The predicted molar refractivity (Wildman–Crippen MR) is 112 cm³/mol. The van der Waals surface area contributed by atoms with Crippen LogP contribution in [-0.2, 0) is 0 Å². The predicted octanol–water partition coefficient (Wildman–Crippen LogP) is 2.46. The SMILES string of the molecule is CC[NH+]1CCN(c2nc3c(-c4cccc(F)c4)nnn3c3ccc(Cl)cc23)CC1. The molecule has 1 N–H and O–H groups in total. The van der Waals surface area contributed by atoms with Crippen LogP contribution in [0.5, 0.6) is 0 Å². The fourth-order valence-electron chi connectivity index (χ4n) is 4.02. The van der Waals surface area contributed by atoms with Gasteiger partial charge in [-0.15, -0.1) is 5.10 Å². The van der Waals surface area contributed by atoms with Crippen molar-refractivity contribution in [3.63, 3.8) is 0 Å². The lowest BCUT2D eigenvalue weighted by atomic mass is 10.1. The Hall–Kier alpha value is -2.77. The van der Waals surface area contributed by atoms with Crippen molar-refractivity contribution < 1.29 is 9.29 Å². The zero-order valence-electron chi connectivity index (χ0n) is 16.1. The van der Waals surface area contributed by atoms with Crippen molar-refractivity contribution >= 4 is 34.0 Å². The van der Waals surface area contributed by atoms with E-state index in [9.17, 15) is 4.39 Å². The number of nitrogens with zero attached hydrogens (tertiary/aromatic N) is 5. The standard InChI is InChI=1S/C21H20ClFN6/c1-2-27-8-10-28(11-9-27)20-17-13-15(22)6-7-18(17)29-21(24-20)19(25-26-29)14-4-3-5-16(23)12-14/h3-7,12-13H,2,8-11H2,1H3/p+1. The van der Waals surface area contributed by atoms with Gasteiger partial charge in [-0.05, 0) is 37.3 Å². The molecule has 0 atom stereocenters. The maximum Gasteiger partial charge on any atom is 0.186 e. The first-order chi connectivity index (χ1) is 14.1. The number of hydrogen-bond acceptors (Lipinski definition) is 4. The van der Waals surface area contributed by atoms with Gasteiger partial charge >= 0.3 is 0 Å². The molecule has 2 aromatic heterocycles. The summed E-state index contributed by atoms with van der Waals surface area (Å²) < 4.78 is 15.5. The summed E-state index contributed by atoms with van der Waals surface area (Å²) in [4.78, 5) is 8.86. The van der Waals surface area contributed by atoms with Gasteiger partial charge in [0.2, 0.25) is 0 Å². The Labute approximate surface area is 172 Å². The van der Waals surface area contributed by atoms with Crippen molar-refractivity contribution in [1.29, 1.82) is 0 Å². The number of piperazine rings is 1. The number of nitrogens with one attached hydrogen (secondary N) is 1. The van der Waals surface area contributed by atoms with Crippen LogP contribution in [0.25, 0.3) is 27.8 Å². The minimum Gasteiger partial charge on any atom is -0.345 e. The zero-order valence-corrected chi connectivity index (χ0v) is 16.8. The van der Waals surface area contributed by atoms with Crippen molar-refractivity contribution in [3.8, 4) is 11.3 Å². The highest BCUT2D eigenvalue weighted by Crippen LogP contribution is 2.31. The molecule has 2 aromatic carbocycles. The van der Waals surface area contributed by atoms with E-state index in [2.05, 4.69) is 22.1 Å². The molecule has 6 nitrogen and oxygen atoms in total. The van der Waals surface area contributed by atoms with Crippen LogP contribution in [0.4, 0.5) is 10.2 Å². The van der Waals surface area contributed by atoms with E-state index in [-0.39, 0.29) is 5.82 Å². The minimum atomic E-state index is -0.310. The molecule has 3 heterocycles. The smallest absolute Gasteiger partial charge is 0.186 e. The van der Waals surface area contributed by atoms with Crippen molar-refractivity contribution in [2.75, 3.05) is 37.6 Å². The fourth-order valence-corrected chi connectivity index (χ4v) is 4.20. The van der Waals surface area contributed by atoms with Gasteiger partial charge in [0.25, 0.3) is 0 Å². The third kappa shape index (κ3) is 3.20. The molecule has 1 saturated heterocycles. The van der Waals surface area contributed by atoms with E-state index in [1.807, 2.05) is 24.3 Å². The molecular weight excluding hydrogens is 391 g/mol. The maximum atomic E-state index is 13.8. The summed E-state index contributed by atoms with van der Waals surface area (Å²) in [6, 6.07) is 12.1. The van der Waals surface area contributed by atoms with Gasteiger partial charge in [-0.2, -0.15) is 4.52 Å². The van der Waals surface area contributed by atoms with Crippen LogP contribution >= 0.6 is 11.6 Å². The molecule has 29 heavy (non-hydrogen) atoms. The van der Waals surface area contributed by atoms with Crippen LogP contribution in [0.2, 0.25) is 5.02 Å². The van der Waals surface area contributed by atoms with Crippen LogP contribution < -0.4 is 9.80 Å². The Morgan fingerprint density at radius 2 is 1.97 bits per heavy atom. The Bertz CT molecular complexity index is 1200. The highest BCUT2D eigenvalue weighted by molar-refractivity contribution is 6.31. The van der Waals surface area contributed by atoms with Gasteiger partial charge in [0.15, 0.2) is 5.65 Å². The second kappa shape index (κ2) is 7.24. The van der Waals surface area contributed by atoms with Crippen molar-refractivity contribution in [2.24, 2.45) is 0 Å². The van der Waals surface area contributed by atoms with Crippen LogP contribution in [0.1, 0.15) is 6.92 Å². The number of likely N-dealkylation sites (N-methyl/N-ethyl adjacent to an activating group) is 1. The summed E-state index contributed by atoms with van der Waals surface area (Å²) in [7, 11) is 0. The number of quaternary nitrogens is 1. The fraction of sp³-hybridized carbons (Fsp3) is 0.286. The normalized spacial score (nSPS) is 15.5. The highest BCUT2D eigenvalue weighted by Gasteiger charge is 2.24. The lowest BCUT2D eigenvalue weighted by Crippen LogP contribution is -3.14. The molecule has 8 heteroatoms. The Morgan fingerprint density at radius 3 is 2.72 bits per heavy atom. The largest absolute Gasteiger partial charge is 0.345 e. The number of anilines is 1. The maximum absolute atomic E-state index is 13.8. The first kappa shape index (κ1) is 18.3. The summed E-state index contributed by atoms with van der Waals surface area (Å²) in [5.74, 6) is 0.570. The van der Waals surface area contributed by atoms with Gasteiger partial charge in [-0.1, -0.05) is 28.9 Å². The van der Waals surface area contributed by atoms with E-state index < -0.39 is 0 Å². The second-order valence-corrected chi connectivity index (χ2v) is 7.81. The molecule has 0 radical (unpaired) electrons. The summed E-state index contributed by atoms with van der Waals surface area (Å²) in [5, 5.41) is 10.2. The molecule has 0 spiro atoms. The molecule has 0 unspecified atom stereocenters. The molecule has 5 rings (SSSR count). The number of fused-ring (bicyclic) bond motifs is 3. The summed E-state index contributed by atoms with van der Waals surface area (Å²) in [6.45, 7) is 7.33. The molecule has 0 saturated carbocycles. The lowest BCUT2D eigenvalue weighted by Gasteiger charge is -2.33. The van der Waals surface area contributed by atoms with E-state index >= 15 is 0 Å². The van der Waals surface area contributed by atoms with E-state index in [1.54, 1.807) is 15.5 Å². The monoisotopic (exact) mass is 411 g/mol. The summed E-state index contributed by atoms with van der Waals surface area (Å²) in [6.07, 6.45) is 0. The number of hydrogen-bond donors (Lipinski definition) is 1. The summed E-state index contributed by atoms with van der Waals surface area (Å²) in [5.41, 5.74) is 2.73. The first-order valence-electron chi connectivity index (χ1n) is 9.83. The van der Waals surface area contributed by atoms with Crippen LogP contribution in [0.3, 0.4) is 0 Å². The van der Waals surface area contributed by atoms with E-state index in [0.29, 0.717) is 21.9 Å². The first-order valence-corrected chi connectivity index (χ1v) is 10.2. The Balaban J connectivity index is 1.72. The van der Waals surface area contributed by atoms with Crippen molar-refractivity contribution in [1.82, 2.24) is 19.8 Å². The van der Waals surface area contributed by atoms with Crippen LogP contribution in [0.15, 0.2) is 42.5 Å². The van der Waals surface area contributed by atoms with Gasteiger partial charge in [0.1, 0.15) is 17.3 Å². The number of aromatic nitrogens is 4. The number of benzene rings is 2. The average molecular weight is 412 g/mol. The Kier molecular flexibility index (Phi) is 4.56. The molecular formula is C21H21ClFN6+. The topological polar surface area (TPSA) is 50.8 Å². The van der Waals surface area contributed by atoms with Crippen molar-refractivity contribution in [3.05, 3.63) is 53.3 Å². The molecule has 0 bridgehead atoms. The molecule has 1 aliphatic heterocycles. The molecule has 1 aliphatic rings. The van der Waals surface area contributed by atoms with Gasteiger partial charge in [0.05, 0.1) is 38.2 Å². The second-order valence-electron chi connectivity index (χ2n) is 7.37. The third-order valence-corrected chi connectivity index (χ3v) is 5.89. The molecule has 4 aromatic rings. The lowest BCUT2D eigenvalue weighted by molar-refractivity contribution is -0.898. The van der Waals surface area contributed by atoms with Gasteiger partial charge in [-0.25, -0.2) is 9.37 Å². The Morgan fingerprint density at radius 1 is 1.14 bits per heavy atom. The minimum absolute atomic E-state index is 0.310. The number of halogens is 2. The number of rotatable bonds is 3. The van der Waals surface area contributed by atoms with Gasteiger partial charge in [0, 0.05) is 16.0 Å². The zero-order chi connectivity index (χ0) is 20.0. The highest BCUT2D eigenvalue weighted by atomic mass is 35.5. The van der Waals surface area contributed by atoms with Crippen LogP contribution in [0, 0.1) is 5.82 Å². The van der Waals surface area contributed by atoms with Gasteiger partial charge in [-0.3, -0.25) is 0 Å². The van der Waals surface area contributed by atoms with E-state index in [1.165, 1.54) is 12.1 Å². The third-order valence-electron chi connectivity index (χ3n) is 5.65. The summed E-state index contributed by atoms with van der Waals surface area (Å²) >= 11 is 6.31. The van der Waals surface area contributed by atoms with E-state index in [4.69, 9.17) is 16.6 Å². The van der Waals surface area contributed by atoms with E-state index in [0.717, 1.165) is 49.4 Å². The average Bonchev–Trinajstić information content (AvgIpc) is 3.17. The van der Waals surface area contributed by atoms with Gasteiger partial charge < -0.3 is 9.80 Å². The molecule has 0 amide bonds. The molecule has 1 fully saturated rings. The quantitative estimate of drug-likeness (QED) is 0.562. The van der Waals surface area contributed by atoms with Crippen LogP contribution in [-0.4, -0.2) is 52.5 Å². The van der Waals surface area contributed by atoms with Crippen molar-refractivity contribution in [2.45, 2.75) is 6.92 Å².